The van der Waals surface area contributed by atoms with Crippen molar-refractivity contribution in [1.29, 1.82) is 0 Å². The van der Waals surface area contributed by atoms with Gasteiger partial charge in [-0.15, -0.1) is 0 Å². The summed E-state index contributed by atoms with van der Waals surface area (Å²) in [6.45, 7) is 3.83. The van der Waals surface area contributed by atoms with E-state index >= 15 is 0 Å². The highest BCUT2D eigenvalue weighted by Crippen LogP contribution is 2.22. The van der Waals surface area contributed by atoms with Crippen LogP contribution in [0.4, 0.5) is 0 Å². The van der Waals surface area contributed by atoms with Crippen LogP contribution in [0.1, 0.15) is 58.8 Å². The highest BCUT2D eigenvalue weighted by molar-refractivity contribution is 5.94. The van der Waals surface area contributed by atoms with Crippen molar-refractivity contribution in [3.63, 3.8) is 0 Å². The quantitative estimate of drug-likeness (QED) is 0.169. The number of carbonyl (C=O) groups excluding carboxylic acids is 4. The van der Waals surface area contributed by atoms with Gasteiger partial charge < -0.3 is 37.2 Å². The van der Waals surface area contributed by atoms with Crippen LogP contribution in [0.15, 0.2) is 0 Å². The molecule has 4 amide bonds. The molecule has 0 bridgehead atoms. The molecule has 13 heteroatoms. The minimum atomic E-state index is -1.41. The van der Waals surface area contributed by atoms with E-state index in [9.17, 15) is 33.9 Å². The maximum atomic E-state index is 13.3. The fourth-order valence-corrected chi connectivity index (χ4v) is 3.65. The Kier molecular flexibility index (Phi) is 11.4. The van der Waals surface area contributed by atoms with Gasteiger partial charge in [-0.25, -0.2) is 4.79 Å². The monoisotopic (exact) mass is 485 g/mol. The van der Waals surface area contributed by atoms with Gasteiger partial charge in [0.15, 0.2) is 0 Å². The van der Waals surface area contributed by atoms with E-state index in [2.05, 4.69) is 10.6 Å². The number of nitrogens with zero attached hydrogens (tertiary/aromatic N) is 1. The predicted molar refractivity (Wildman–Crippen MR) is 119 cm³/mol. The summed E-state index contributed by atoms with van der Waals surface area (Å²) in [6.07, 6.45) is 0.516. The number of carbonyl (C=O) groups is 6. The fraction of sp³-hybridized carbons (Fsp3) is 0.714. The first-order valence-electron chi connectivity index (χ1n) is 11.3. The highest BCUT2D eigenvalue weighted by atomic mass is 16.4. The van der Waals surface area contributed by atoms with Crippen molar-refractivity contribution in [3.05, 3.63) is 0 Å². The van der Waals surface area contributed by atoms with E-state index < -0.39 is 66.2 Å². The summed E-state index contributed by atoms with van der Waals surface area (Å²) in [4.78, 5) is 73.1. The molecule has 5 atom stereocenters. The van der Waals surface area contributed by atoms with Crippen LogP contribution in [-0.4, -0.2) is 81.4 Å². The Morgan fingerprint density at radius 3 is 2.24 bits per heavy atom. The number of carboxylic acids is 2. The van der Waals surface area contributed by atoms with Gasteiger partial charge in [0.05, 0.1) is 6.04 Å². The number of nitrogens with two attached hydrogens (primary N) is 2. The molecular formula is C21H35N5O8. The molecule has 0 aromatic carbocycles. The zero-order valence-electron chi connectivity index (χ0n) is 19.5. The molecule has 192 valence electrons. The minimum Gasteiger partial charge on any atom is -0.481 e. The molecule has 1 heterocycles. The summed E-state index contributed by atoms with van der Waals surface area (Å²) in [5.74, 6) is -5.30. The van der Waals surface area contributed by atoms with E-state index in [1.165, 1.54) is 4.90 Å². The first-order valence-corrected chi connectivity index (χ1v) is 11.3. The van der Waals surface area contributed by atoms with Gasteiger partial charge in [-0.1, -0.05) is 20.3 Å². The van der Waals surface area contributed by atoms with Crippen molar-refractivity contribution in [2.75, 3.05) is 6.54 Å². The molecule has 0 radical (unpaired) electrons. The second-order valence-electron chi connectivity index (χ2n) is 8.50. The first-order chi connectivity index (χ1) is 15.9. The normalized spacial score (nSPS) is 18.9. The fourth-order valence-electron chi connectivity index (χ4n) is 3.65. The SMILES string of the molecule is CCC(C)C(NC(=O)C(N)CCC(N)=O)C(=O)N1CCCC1C(=O)NC(CCC(=O)O)C(=O)O. The molecule has 1 aliphatic rings. The van der Waals surface area contributed by atoms with E-state index in [0.29, 0.717) is 19.3 Å². The number of hydrogen-bond acceptors (Lipinski definition) is 7. The van der Waals surface area contributed by atoms with Crippen LogP contribution < -0.4 is 22.1 Å². The summed E-state index contributed by atoms with van der Waals surface area (Å²) in [5.41, 5.74) is 10.9. The summed E-state index contributed by atoms with van der Waals surface area (Å²) in [7, 11) is 0. The molecule has 0 aromatic heterocycles. The van der Waals surface area contributed by atoms with Crippen LogP contribution >= 0.6 is 0 Å². The van der Waals surface area contributed by atoms with E-state index in [-0.39, 0.29) is 31.7 Å². The average molecular weight is 486 g/mol. The number of rotatable bonds is 14. The van der Waals surface area contributed by atoms with Gasteiger partial charge in [0.25, 0.3) is 0 Å². The topological polar surface area (TPSA) is 222 Å². The van der Waals surface area contributed by atoms with E-state index in [1.54, 1.807) is 6.92 Å². The Bertz CT molecular complexity index is 789. The van der Waals surface area contributed by atoms with Crippen molar-refractivity contribution in [3.8, 4) is 0 Å². The molecule has 34 heavy (non-hydrogen) atoms. The zero-order valence-corrected chi connectivity index (χ0v) is 19.5. The van der Waals surface area contributed by atoms with Gasteiger partial charge >= 0.3 is 11.9 Å². The van der Waals surface area contributed by atoms with Gasteiger partial charge in [-0.3, -0.25) is 24.0 Å². The van der Waals surface area contributed by atoms with Crippen LogP contribution in [0.25, 0.3) is 0 Å². The van der Waals surface area contributed by atoms with Crippen LogP contribution in [0.3, 0.4) is 0 Å². The molecule has 0 spiro atoms. The number of hydrogen-bond donors (Lipinski definition) is 6. The van der Waals surface area contributed by atoms with Crippen LogP contribution in [-0.2, 0) is 28.8 Å². The maximum Gasteiger partial charge on any atom is 0.326 e. The Balaban J connectivity index is 2.94. The molecule has 0 aliphatic carbocycles. The van der Waals surface area contributed by atoms with E-state index in [0.717, 1.165) is 0 Å². The lowest BCUT2D eigenvalue weighted by atomic mass is 9.96. The Hall–Kier alpha value is -3.22. The van der Waals surface area contributed by atoms with E-state index in [1.807, 2.05) is 6.92 Å². The van der Waals surface area contributed by atoms with Crippen molar-refractivity contribution in [2.45, 2.75) is 83.0 Å². The van der Waals surface area contributed by atoms with Gasteiger partial charge in [0.1, 0.15) is 18.1 Å². The van der Waals surface area contributed by atoms with Crippen LogP contribution in [0.5, 0.6) is 0 Å². The Morgan fingerprint density at radius 1 is 1.06 bits per heavy atom. The molecular weight excluding hydrogens is 450 g/mol. The molecule has 1 saturated heterocycles. The smallest absolute Gasteiger partial charge is 0.326 e. The van der Waals surface area contributed by atoms with Crippen molar-refractivity contribution in [2.24, 2.45) is 17.4 Å². The van der Waals surface area contributed by atoms with Gasteiger partial charge in [0, 0.05) is 19.4 Å². The third kappa shape index (κ3) is 8.61. The Morgan fingerprint density at radius 2 is 1.71 bits per heavy atom. The number of nitrogens with one attached hydrogen (secondary N) is 2. The van der Waals surface area contributed by atoms with Gasteiger partial charge in [0.2, 0.25) is 23.6 Å². The predicted octanol–water partition coefficient (Wildman–Crippen LogP) is -1.46. The lowest BCUT2D eigenvalue weighted by molar-refractivity contribution is -0.146. The largest absolute Gasteiger partial charge is 0.481 e. The second-order valence-corrected chi connectivity index (χ2v) is 8.50. The minimum absolute atomic E-state index is 0.0181. The number of carboxylic acid groups (broad SMARTS) is 2. The zero-order chi connectivity index (χ0) is 26.0. The molecule has 0 aromatic rings. The molecule has 0 saturated carbocycles. The number of primary amides is 1. The maximum absolute atomic E-state index is 13.3. The number of amides is 4. The average Bonchev–Trinajstić information content (AvgIpc) is 3.26. The van der Waals surface area contributed by atoms with Crippen LogP contribution in [0, 0.1) is 5.92 Å². The summed E-state index contributed by atoms with van der Waals surface area (Å²) >= 11 is 0. The summed E-state index contributed by atoms with van der Waals surface area (Å²) in [6, 6.07) is -4.39. The van der Waals surface area contributed by atoms with Crippen LogP contribution in [0.2, 0.25) is 0 Å². The first kappa shape index (κ1) is 28.8. The van der Waals surface area contributed by atoms with Crippen molar-refractivity contribution < 1.29 is 39.0 Å². The number of aliphatic carboxylic acids is 2. The molecule has 1 fully saturated rings. The van der Waals surface area contributed by atoms with Gasteiger partial charge in [-0.05, 0) is 31.6 Å². The third-order valence-corrected chi connectivity index (χ3v) is 5.92. The van der Waals surface area contributed by atoms with Gasteiger partial charge in [-0.2, -0.15) is 0 Å². The molecule has 5 unspecified atom stereocenters. The number of likely N-dealkylation sites (tertiary alicyclic amines) is 1. The molecule has 13 nitrogen and oxygen atoms in total. The standard InChI is InChI=1S/C21H35N5O8/c1-3-11(2)17(25-18(30)12(22)6-8-15(23)27)20(32)26-10-4-5-14(26)19(31)24-13(21(33)34)7-9-16(28)29/h11-14,17H,3-10,22H2,1-2H3,(H2,23,27)(H,24,31)(H,25,30)(H,28,29)(H,33,34). The summed E-state index contributed by atoms with van der Waals surface area (Å²) < 4.78 is 0. The van der Waals surface area contributed by atoms with E-state index in [4.69, 9.17) is 16.6 Å². The highest BCUT2D eigenvalue weighted by Gasteiger charge is 2.40. The lowest BCUT2D eigenvalue weighted by Crippen LogP contribution is -2.58. The second kappa shape index (κ2) is 13.5. The van der Waals surface area contributed by atoms with Crippen molar-refractivity contribution in [1.82, 2.24) is 15.5 Å². The third-order valence-electron chi connectivity index (χ3n) is 5.92. The Labute approximate surface area is 197 Å². The molecule has 1 aliphatic heterocycles. The van der Waals surface area contributed by atoms with Crippen molar-refractivity contribution >= 4 is 35.6 Å². The summed E-state index contributed by atoms with van der Waals surface area (Å²) in [5, 5.41) is 23.0. The molecule has 1 rings (SSSR count). The molecule has 8 N–H and O–H groups in total. The lowest BCUT2D eigenvalue weighted by Gasteiger charge is -2.32.